The smallest absolute Gasteiger partial charge is 0.150 e. The van der Waals surface area contributed by atoms with Gasteiger partial charge in [-0.1, -0.05) is 29.8 Å². The monoisotopic (exact) mass is 293 g/mol. The minimum atomic E-state index is -2.81. The van der Waals surface area contributed by atoms with Crippen molar-refractivity contribution in [3.8, 4) is 0 Å². The van der Waals surface area contributed by atoms with Crippen LogP contribution in [0.25, 0.3) is 0 Å². The van der Waals surface area contributed by atoms with E-state index in [9.17, 15) is 8.42 Å². The average Bonchev–Trinajstić information content (AvgIpc) is 3.14. The summed E-state index contributed by atoms with van der Waals surface area (Å²) < 4.78 is 23.5. The predicted octanol–water partition coefficient (Wildman–Crippen LogP) is 2.27. The second kappa shape index (κ2) is 5.49. The van der Waals surface area contributed by atoms with E-state index in [1.54, 1.807) is 0 Å². The Bertz CT molecular complexity index is 578. The van der Waals surface area contributed by atoms with E-state index in [1.165, 1.54) is 24.0 Å². The van der Waals surface area contributed by atoms with Crippen molar-refractivity contribution in [1.29, 1.82) is 0 Å². The largest absolute Gasteiger partial charge is 0.313 e. The number of benzene rings is 1. The van der Waals surface area contributed by atoms with E-state index in [4.69, 9.17) is 0 Å². The molecule has 2 atom stereocenters. The van der Waals surface area contributed by atoms with Crippen LogP contribution in [-0.2, 0) is 9.84 Å². The van der Waals surface area contributed by atoms with Gasteiger partial charge in [-0.3, -0.25) is 0 Å². The van der Waals surface area contributed by atoms with Crippen LogP contribution < -0.4 is 5.32 Å². The van der Waals surface area contributed by atoms with Gasteiger partial charge in [-0.15, -0.1) is 0 Å². The molecule has 4 heteroatoms. The highest BCUT2D eigenvalue weighted by atomic mass is 32.2. The molecule has 3 nitrogen and oxygen atoms in total. The van der Waals surface area contributed by atoms with Crippen molar-refractivity contribution in [3.63, 3.8) is 0 Å². The molecule has 2 aliphatic rings. The zero-order valence-electron chi connectivity index (χ0n) is 12.0. The minimum Gasteiger partial charge on any atom is -0.313 e. The number of rotatable bonds is 5. The van der Waals surface area contributed by atoms with Crippen LogP contribution in [-0.4, -0.2) is 32.5 Å². The molecular weight excluding hydrogens is 270 g/mol. The number of nitrogens with one attached hydrogen (secondary N) is 1. The molecule has 1 saturated carbocycles. The Balaban J connectivity index is 1.79. The normalized spacial score (nSPS) is 26.6. The van der Waals surface area contributed by atoms with Crippen LogP contribution in [0.3, 0.4) is 0 Å². The van der Waals surface area contributed by atoms with Gasteiger partial charge in [-0.25, -0.2) is 8.42 Å². The molecule has 1 aromatic rings. The maximum Gasteiger partial charge on any atom is 0.150 e. The summed E-state index contributed by atoms with van der Waals surface area (Å²) in [6.45, 7) is 3.01. The number of sulfone groups is 1. The van der Waals surface area contributed by atoms with Gasteiger partial charge < -0.3 is 5.32 Å². The predicted molar refractivity (Wildman–Crippen MR) is 81.7 cm³/mol. The van der Waals surface area contributed by atoms with Crippen LogP contribution in [0.2, 0.25) is 0 Å². The summed E-state index contributed by atoms with van der Waals surface area (Å²) in [5.41, 5.74) is 2.54. The Kier molecular flexibility index (Phi) is 3.87. The molecule has 0 radical (unpaired) electrons. The summed E-state index contributed by atoms with van der Waals surface area (Å²) in [5, 5.41) is 3.58. The molecule has 1 N–H and O–H groups in total. The third kappa shape index (κ3) is 3.41. The molecule has 2 unspecified atom stereocenters. The van der Waals surface area contributed by atoms with E-state index in [2.05, 4.69) is 36.5 Å². The number of hydrogen-bond donors (Lipinski definition) is 1. The van der Waals surface area contributed by atoms with Crippen molar-refractivity contribution < 1.29 is 8.42 Å². The highest BCUT2D eigenvalue weighted by Gasteiger charge is 2.35. The quantitative estimate of drug-likeness (QED) is 0.906. The molecule has 0 amide bonds. The lowest BCUT2D eigenvalue weighted by molar-refractivity contribution is 0.437. The van der Waals surface area contributed by atoms with Crippen LogP contribution in [0.1, 0.15) is 36.3 Å². The van der Waals surface area contributed by atoms with Crippen LogP contribution in [0.5, 0.6) is 0 Å². The van der Waals surface area contributed by atoms with Crippen molar-refractivity contribution in [2.45, 2.75) is 38.1 Å². The zero-order chi connectivity index (χ0) is 14.2. The van der Waals surface area contributed by atoms with E-state index < -0.39 is 9.84 Å². The molecule has 1 heterocycles. The summed E-state index contributed by atoms with van der Waals surface area (Å²) in [4.78, 5) is 0. The van der Waals surface area contributed by atoms with Gasteiger partial charge in [-0.2, -0.15) is 0 Å². The first-order valence-corrected chi connectivity index (χ1v) is 9.36. The Morgan fingerprint density at radius 3 is 2.70 bits per heavy atom. The Morgan fingerprint density at radius 2 is 2.10 bits per heavy atom. The molecule has 110 valence electrons. The fourth-order valence-corrected chi connectivity index (χ4v) is 5.06. The number of hydrogen-bond acceptors (Lipinski definition) is 3. The topological polar surface area (TPSA) is 46.2 Å². The SMILES string of the molecule is Cc1cccc(C(CNC2CC2)C2CCS(=O)(=O)C2)c1. The molecule has 0 aromatic heterocycles. The molecule has 1 aromatic carbocycles. The van der Waals surface area contributed by atoms with Crippen molar-refractivity contribution in [3.05, 3.63) is 35.4 Å². The summed E-state index contributed by atoms with van der Waals surface area (Å²) in [5.74, 6) is 1.32. The highest BCUT2D eigenvalue weighted by Crippen LogP contribution is 2.34. The molecule has 1 saturated heterocycles. The molecule has 0 spiro atoms. The summed E-state index contributed by atoms with van der Waals surface area (Å²) in [7, 11) is -2.81. The standard InChI is InChI=1S/C16H23NO2S/c1-12-3-2-4-13(9-12)16(10-17-15-5-6-15)14-7-8-20(18,19)11-14/h2-4,9,14-17H,5-8,10-11H2,1H3. The average molecular weight is 293 g/mol. The lowest BCUT2D eigenvalue weighted by atomic mass is 9.85. The van der Waals surface area contributed by atoms with E-state index in [0.29, 0.717) is 23.5 Å². The maximum absolute atomic E-state index is 11.8. The lowest BCUT2D eigenvalue weighted by Gasteiger charge is -2.24. The van der Waals surface area contributed by atoms with Crippen molar-refractivity contribution in [1.82, 2.24) is 5.32 Å². The first-order chi connectivity index (χ1) is 9.53. The van der Waals surface area contributed by atoms with Crippen molar-refractivity contribution in [2.24, 2.45) is 5.92 Å². The van der Waals surface area contributed by atoms with Crippen molar-refractivity contribution >= 4 is 9.84 Å². The van der Waals surface area contributed by atoms with Crippen LogP contribution >= 0.6 is 0 Å². The van der Waals surface area contributed by atoms with Gasteiger partial charge in [0.05, 0.1) is 11.5 Å². The van der Waals surface area contributed by atoms with E-state index in [-0.39, 0.29) is 5.92 Å². The third-order valence-electron chi connectivity index (χ3n) is 4.51. The van der Waals surface area contributed by atoms with Gasteiger partial charge in [0.2, 0.25) is 0 Å². The van der Waals surface area contributed by atoms with Gasteiger partial charge in [0.25, 0.3) is 0 Å². The second-order valence-corrected chi connectivity index (χ2v) is 8.59. The van der Waals surface area contributed by atoms with Crippen molar-refractivity contribution in [2.75, 3.05) is 18.1 Å². The third-order valence-corrected chi connectivity index (χ3v) is 6.30. The van der Waals surface area contributed by atoms with Crippen LogP contribution in [0.15, 0.2) is 24.3 Å². The summed E-state index contributed by atoms with van der Waals surface area (Å²) in [6, 6.07) is 9.21. The minimum absolute atomic E-state index is 0.271. The van der Waals surface area contributed by atoms with E-state index >= 15 is 0 Å². The van der Waals surface area contributed by atoms with Gasteiger partial charge >= 0.3 is 0 Å². The zero-order valence-corrected chi connectivity index (χ0v) is 12.8. The van der Waals surface area contributed by atoms with E-state index in [0.717, 1.165) is 13.0 Å². The van der Waals surface area contributed by atoms with Gasteiger partial charge in [0.1, 0.15) is 0 Å². The number of aryl methyl sites for hydroxylation is 1. The first-order valence-electron chi connectivity index (χ1n) is 7.54. The molecule has 20 heavy (non-hydrogen) atoms. The molecular formula is C16H23NO2S. The van der Waals surface area contributed by atoms with Gasteiger partial charge in [0.15, 0.2) is 9.84 Å². The molecule has 1 aliphatic heterocycles. The lowest BCUT2D eigenvalue weighted by Crippen LogP contribution is -2.29. The van der Waals surface area contributed by atoms with Gasteiger partial charge in [0, 0.05) is 18.5 Å². The summed E-state index contributed by atoms with van der Waals surface area (Å²) in [6.07, 6.45) is 3.35. The van der Waals surface area contributed by atoms with Gasteiger partial charge in [-0.05, 0) is 37.7 Å². The highest BCUT2D eigenvalue weighted by molar-refractivity contribution is 7.91. The first kappa shape index (κ1) is 14.1. The maximum atomic E-state index is 11.8. The molecule has 0 bridgehead atoms. The Morgan fingerprint density at radius 1 is 1.30 bits per heavy atom. The molecule has 1 aliphatic carbocycles. The Hall–Kier alpha value is -0.870. The molecule has 2 fully saturated rings. The summed E-state index contributed by atoms with van der Waals surface area (Å²) >= 11 is 0. The van der Waals surface area contributed by atoms with Crippen LogP contribution in [0.4, 0.5) is 0 Å². The fraction of sp³-hybridized carbons (Fsp3) is 0.625. The fourth-order valence-electron chi connectivity index (χ4n) is 3.18. The second-order valence-electron chi connectivity index (χ2n) is 6.37. The molecule has 3 rings (SSSR count). The van der Waals surface area contributed by atoms with Crippen LogP contribution in [0, 0.1) is 12.8 Å². The van der Waals surface area contributed by atoms with E-state index in [1.807, 2.05) is 0 Å². The Labute approximate surface area is 121 Å².